The summed E-state index contributed by atoms with van der Waals surface area (Å²) in [6.07, 6.45) is 1.40. The van der Waals surface area contributed by atoms with Crippen LogP contribution in [-0.4, -0.2) is 64.7 Å². The zero-order valence-corrected chi connectivity index (χ0v) is 21.1. The number of carbonyl (C=O) groups is 2. The molecule has 1 unspecified atom stereocenters. The highest BCUT2D eigenvalue weighted by Crippen LogP contribution is 2.24. The minimum absolute atomic E-state index is 0.133. The van der Waals surface area contributed by atoms with Gasteiger partial charge in [-0.2, -0.15) is 0 Å². The van der Waals surface area contributed by atoms with E-state index in [0.29, 0.717) is 30.2 Å². The normalized spacial score (nSPS) is 11.9. The van der Waals surface area contributed by atoms with E-state index in [1.165, 1.54) is 12.0 Å². The van der Waals surface area contributed by atoms with E-state index in [1.807, 2.05) is 6.92 Å². The second-order valence-electron chi connectivity index (χ2n) is 7.66. The van der Waals surface area contributed by atoms with Gasteiger partial charge < -0.3 is 19.7 Å². The first-order chi connectivity index (χ1) is 16.1. The molecular weight excluding hydrogens is 458 g/mol. The fourth-order valence-corrected chi connectivity index (χ4v) is 4.36. The van der Waals surface area contributed by atoms with Crippen LogP contribution >= 0.6 is 0 Å². The van der Waals surface area contributed by atoms with Crippen LogP contribution < -0.4 is 19.1 Å². The van der Waals surface area contributed by atoms with E-state index in [2.05, 4.69) is 5.32 Å². The number of anilines is 1. The Hall–Kier alpha value is -3.27. The molecule has 2 amide bonds. The molecule has 0 saturated heterocycles. The summed E-state index contributed by atoms with van der Waals surface area (Å²) in [7, 11) is -0.766. The van der Waals surface area contributed by atoms with Crippen molar-refractivity contribution in [1.29, 1.82) is 0 Å². The number of methoxy groups -OCH3 is 2. The van der Waals surface area contributed by atoms with Crippen molar-refractivity contribution in [2.24, 2.45) is 0 Å². The van der Waals surface area contributed by atoms with E-state index in [9.17, 15) is 18.0 Å². The molecule has 0 aliphatic heterocycles. The summed E-state index contributed by atoms with van der Waals surface area (Å²) in [4.78, 5) is 27.7. The first-order valence-electron chi connectivity index (χ1n) is 11.0. The van der Waals surface area contributed by atoms with Crippen molar-refractivity contribution in [3.8, 4) is 11.5 Å². The highest BCUT2D eigenvalue weighted by atomic mass is 32.2. The molecule has 2 aromatic carbocycles. The summed E-state index contributed by atoms with van der Waals surface area (Å²) >= 11 is 0. The molecule has 186 valence electrons. The Morgan fingerprint density at radius 2 is 1.65 bits per heavy atom. The highest BCUT2D eigenvalue weighted by Gasteiger charge is 2.31. The van der Waals surface area contributed by atoms with Gasteiger partial charge in [-0.05, 0) is 43.2 Å². The first-order valence-corrected chi connectivity index (χ1v) is 12.8. The van der Waals surface area contributed by atoms with Crippen molar-refractivity contribution < 1.29 is 27.5 Å². The van der Waals surface area contributed by atoms with E-state index in [0.717, 1.165) is 16.1 Å². The summed E-state index contributed by atoms with van der Waals surface area (Å²) < 4.78 is 36.6. The van der Waals surface area contributed by atoms with Crippen LogP contribution in [0.4, 0.5) is 5.69 Å². The molecule has 0 bridgehead atoms. The molecule has 34 heavy (non-hydrogen) atoms. The van der Waals surface area contributed by atoms with Gasteiger partial charge >= 0.3 is 0 Å². The molecule has 10 heteroatoms. The third-order valence-electron chi connectivity index (χ3n) is 5.27. The summed E-state index contributed by atoms with van der Waals surface area (Å²) in [5.41, 5.74) is 1.08. The van der Waals surface area contributed by atoms with Gasteiger partial charge in [0.1, 0.15) is 24.1 Å². The minimum Gasteiger partial charge on any atom is -0.497 e. The average Bonchev–Trinajstić information content (AvgIpc) is 2.82. The Balaban J connectivity index is 2.43. The Bertz CT molecular complexity index is 1070. The zero-order valence-electron chi connectivity index (χ0n) is 20.3. The smallest absolute Gasteiger partial charge is 0.244 e. The zero-order chi connectivity index (χ0) is 25.3. The molecule has 0 fully saturated rings. The maximum atomic E-state index is 13.5. The summed E-state index contributed by atoms with van der Waals surface area (Å²) in [6.45, 7) is 3.70. The first kappa shape index (κ1) is 27.0. The lowest BCUT2D eigenvalue weighted by atomic mass is 10.1. The second-order valence-corrected chi connectivity index (χ2v) is 9.57. The summed E-state index contributed by atoms with van der Waals surface area (Å²) in [5, 5.41) is 2.77. The van der Waals surface area contributed by atoms with Gasteiger partial charge in [-0.25, -0.2) is 8.42 Å². The number of nitrogens with one attached hydrogen (secondary N) is 1. The van der Waals surface area contributed by atoms with Gasteiger partial charge in [0.15, 0.2) is 0 Å². The molecule has 1 atom stereocenters. The molecule has 0 radical (unpaired) electrons. The number of nitrogens with zero attached hydrogens (tertiary/aromatic N) is 2. The van der Waals surface area contributed by atoms with Gasteiger partial charge in [-0.1, -0.05) is 25.1 Å². The van der Waals surface area contributed by atoms with Crippen molar-refractivity contribution in [2.45, 2.75) is 32.9 Å². The quantitative estimate of drug-likeness (QED) is 0.489. The van der Waals surface area contributed by atoms with Crippen LogP contribution in [0.2, 0.25) is 0 Å². The number of carbonyl (C=O) groups excluding carboxylic acids is 2. The van der Waals surface area contributed by atoms with Crippen LogP contribution in [0, 0.1) is 0 Å². The number of rotatable bonds is 12. The van der Waals surface area contributed by atoms with Crippen LogP contribution in [0.25, 0.3) is 0 Å². The van der Waals surface area contributed by atoms with Crippen LogP contribution in [0.15, 0.2) is 48.5 Å². The maximum Gasteiger partial charge on any atom is 0.244 e. The number of benzene rings is 2. The molecule has 1 N–H and O–H groups in total. The van der Waals surface area contributed by atoms with Crippen LogP contribution in [0.5, 0.6) is 11.5 Å². The van der Waals surface area contributed by atoms with E-state index in [-0.39, 0.29) is 12.5 Å². The summed E-state index contributed by atoms with van der Waals surface area (Å²) in [5.74, 6) is 0.336. The topological polar surface area (TPSA) is 105 Å². The molecular formula is C24H33N3O6S. The van der Waals surface area contributed by atoms with Crippen molar-refractivity contribution in [3.63, 3.8) is 0 Å². The van der Waals surface area contributed by atoms with Crippen LogP contribution in [0.1, 0.15) is 25.8 Å². The fourth-order valence-electron chi connectivity index (χ4n) is 3.52. The monoisotopic (exact) mass is 491 g/mol. The van der Waals surface area contributed by atoms with Crippen molar-refractivity contribution in [2.75, 3.05) is 37.9 Å². The van der Waals surface area contributed by atoms with E-state index >= 15 is 0 Å². The molecule has 2 aromatic rings. The largest absolute Gasteiger partial charge is 0.497 e. The van der Waals surface area contributed by atoms with Crippen molar-refractivity contribution in [1.82, 2.24) is 10.2 Å². The lowest BCUT2D eigenvalue weighted by Crippen LogP contribution is -2.52. The molecule has 0 saturated carbocycles. The standard InChI is InChI=1S/C24H33N3O6S/c1-6-22(24(29)25-7-2)26(16-18-11-13-20(32-3)14-12-18)23(28)17-27(34(5,30)31)19-9-8-10-21(15-19)33-4/h8-15,22H,6-7,16-17H2,1-5H3,(H,25,29). The van der Waals surface area contributed by atoms with E-state index < -0.39 is 28.5 Å². The molecule has 2 rings (SSSR count). The Morgan fingerprint density at radius 3 is 2.18 bits per heavy atom. The number of likely N-dealkylation sites (N-methyl/N-ethyl adjacent to an activating group) is 1. The second kappa shape index (κ2) is 12.3. The minimum atomic E-state index is -3.80. The molecule has 0 aromatic heterocycles. The van der Waals surface area contributed by atoms with E-state index in [1.54, 1.807) is 62.6 Å². The average molecular weight is 492 g/mol. The molecule has 0 spiro atoms. The SMILES string of the molecule is CCNC(=O)C(CC)N(Cc1ccc(OC)cc1)C(=O)CN(c1cccc(OC)c1)S(C)(=O)=O. The van der Waals surface area contributed by atoms with Gasteiger partial charge in [0.2, 0.25) is 21.8 Å². The van der Waals surface area contributed by atoms with Gasteiger partial charge in [0.25, 0.3) is 0 Å². The van der Waals surface area contributed by atoms with Gasteiger partial charge in [-0.15, -0.1) is 0 Å². The highest BCUT2D eigenvalue weighted by molar-refractivity contribution is 7.92. The third kappa shape index (κ3) is 7.11. The Kier molecular flexibility index (Phi) is 9.73. The van der Waals surface area contributed by atoms with Gasteiger partial charge in [0.05, 0.1) is 26.2 Å². The number of ether oxygens (including phenoxy) is 2. The number of hydrogen-bond donors (Lipinski definition) is 1. The van der Waals surface area contributed by atoms with Crippen LogP contribution in [0.3, 0.4) is 0 Å². The predicted octanol–water partition coefficient (Wildman–Crippen LogP) is 2.41. The van der Waals surface area contributed by atoms with Gasteiger partial charge in [0, 0.05) is 19.2 Å². The maximum absolute atomic E-state index is 13.5. The van der Waals surface area contributed by atoms with Crippen LogP contribution in [-0.2, 0) is 26.2 Å². The molecule has 9 nitrogen and oxygen atoms in total. The predicted molar refractivity (Wildman–Crippen MR) is 131 cm³/mol. The number of sulfonamides is 1. The number of hydrogen-bond acceptors (Lipinski definition) is 6. The Morgan fingerprint density at radius 1 is 1.00 bits per heavy atom. The molecule has 0 aliphatic rings. The van der Waals surface area contributed by atoms with Gasteiger partial charge in [-0.3, -0.25) is 13.9 Å². The van der Waals surface area contributed by atoms with Crippen molar-refractivity contribution in [3.05, 3.63) is 54.1 Å². The Labute approximate surface area is 201 Å². The number of amides is 2. The van der Waals surface area contributed by atoms with Crippen molar-refractivity contribution >= 4 is 27.5 Å². The lowest BCUT2D eigenvalue weighted by Gasteiger charge is -2.32. The fraction of sp³-hybridized carbons (Fsp3) is 0.417. The third-order valence-corrected chi connectivity index (χ3v) is 6.41. The van der Waals surface area contributed by atoms with E-state index in [4.69, 9.17) is 9.47 Å². The summed E-state index contributed by atoms with van der Waals surface area (Å²) in [6, 6.07) is 12.9. The molecule has 0 heterocycles. The lowest BCUT2D eigenvalue weighted by molar-refractivity contribution is -0.140. The molecule has 0 aliphatic carbocycles.